The Hall–Kier alpha value is -0.560. The molecular weight excluding hydrogens is 405 g/mol. The van der Waals surface area contributed by atoms with E-state index in [9.17, 15) is 9.90 Å². The molecule has 2 rings (SSSR count). The van der Waals surface area contributed by atoms with E-state index in [2.05, 4.69) is 37.2 Å². The lowest BCUT2D eigenvalue weighted by Crippen LogP contribution is -2.09. The molecule has 1 aromatic heterocycles. The van der Waals surface area contributed by atoms with E-state index in [0.717, 1.165) is 8.26 Å². The number of amides is 1. The lowest BCUT2D eigenvalue weighted by Gasteiger charge is -2.04. The third kappa shape index (κ3) is 3.06. The number of phenols is 1. The first-order chi connectivity index (χ1) is 8.47. The third-order valence-electron chi connectivity index (χ3n) is 2.07. The quantitative estimate of drug-likeness (QED) is 0.692. The van der Waals surface area contributed by atoms with Crippen LogP contribution in [0.5, 0.6) is 5.75 Å². The molecule has 0 unspecified atom stereocenters. The van der Waals surface area contributed by atoms with Crippen molar-refractivity contribution < 1.29 is 9.90 Å². The summed E-state index contributed by atoms with van der Waals surface area (Å²) < 4.78 is 1.69. The number of hydrogen-bond acceptors (Lipinski definition) is 3. The topological polar surface area (TPSA) is 49.3 Å². The summed E-state index contributed by atoms with van der Waals surface area (Å²) in [5, 5.41) is 12.2. The van der Waals surface area contributed by atoms with Crippen molar-refractivity contribution in [2.45, 2.75) is 0 Å². The zero-order valence-corrected chi connectivity index (χ0v) is 13.5. The molecule has 7 heteroatoms. The van der Waals surface area contributed by atoms with E-state index in [0.29, 0.717) is 10.6 Å². The average Bonchev–Trinajstić information content (AvgIpc) is 2.65. The largest absolute Gasteiger partial charge is 0.506 e. The van der Waals surface area contributed by atoms with Gasteiger partial charge < -0.3 is 10.4 Å². The van der Waals surface area contributed by atoms with Crippen molar-refractivity contribution in [3.63, 3.8) is 0 Å². The fraction of sp³-hybridized carbons (Fsp3) is 0. The van der Waals surface area contributed by atoms with E-state index in [-0.39, 0.29) is 16.7 Å². The second kappa shape index (κ2) is 5.61. The first-order valence-corrected chi connectivity index (χ1v) is 7.50. The standard InChI is InChI=1S/C11H6Br2ClNO2S/c12-6-4-9(18-10(6)13)11(17)15-5-1-2-8(16)7(14)3-5/h1-4,16H,(H,15,17). The molecule has 0 aliphatic heterocycles. The molecule has 2 N–H and O–H groups in total. The van der Waals surface area contributed by atoms with E-state index in [1.165, 1.54) is 23.5 Å². The maximum atomic E-state index is 11.9. The molecule has 18 heavy (non-hydrogen) atoms. The van der Waals surface area contributed by atoms with Gasteiger partial charge >= 0.3 is 0 Å². The zero-order chi connectivity index (χ0) is 13.3. The molecule has 1 amide bonds. The number of carbonyl (C=O) groups excluding carboxylic acids is 1. The molecule has 94 valence electrons. The number of rotatable bonds is 2. The van der Waals surface area contributed by atoms with E-state index < -0.39 is 0 Å². The summed E-state index contributed by atoms with van der Waals surface area (Å²) in [5.41, 5.74) is 0.531. The van der Waals surface area contributed by atoms with Crippen molar-refractivity contribution in [3.8, 4) is 5.75 Å². The predicted molar refractivity (Wildman–Crippen MR) is 80.8 cm³/mol. The number of aromatic hydroxyl groups is 1. The number of nitrogens with one attached hydrogen (secondary N) is 1. The third-order valence-corrected chi connectivity index (χ3v) is 5.63. The molecule has 0 radical (unpaired) electrons. The van der Waals surface area contributed by atoms with Crippen LogP contribution >= 0.6 is 54.8 Å². The summed E-state index contributed by atoms with van der Waals surface area (Å²) in [7, 11) is 0. The Balaban J connectivity index is 2.18. The highest BCUT2D eigenvalue weighted by Gasteiger charge is 2.12. The van der Waals surface area contributed by atoms with Gasteiger partial charge in [-0.2, -0.15) is 0 Å². The van der Waals surface area contributed by atoms with Crippen LogP contribution in [0.1, 0.15) is 9.67 Å². The lowest BCUT2D eigenvalue weighted by molar-refractivity contribution is 0.103. The Labute approximate surface area is 129 Å². The highest BCUT2D eigenvalue weighted by Crippen LogP contribution is 2.33. The summed E-state index contributed by atoms with van der Waals surface area (Å²) in [6.45, 7) is 0. The molecule has 0 bridgehead atoms. The summed E-state index contributed by atoms with van der Waals surface area (Å²) >= 11 is 13.7. The van der Waals surface area contributed by atoms with Crippen LogP contribution in [-0.4, -0.2) is 11.0 Å². The Morgan fingerprint density at radius 3 is 2.61 bits per heavy atom. The van der Waals surface area contributed by atoms with Gasteiger partial charge in [-0.15, -0.1) is 11.3 Å². The van der Waals surface area contributed by atoms with Gasteiger partial charge in [0.2, 0.25) is 0 Å². The fourth-order valence-electron chi connectivity index (χ4n) is 1.24. The Bertz CT molecular complexity index is 596. The van der Waals surface area contributed by atoms with E-state index in [1.54, 1.807) is 12.1 Å². The number of thiophene rings is 1. The van der Waals surface area contributed by atoms with Crippen LogP contribution in [-0.2, 0) is 0 Å². The maximum absolute atomic E-state index is 11.9. The van der Waals surface area contributed by atoms with Gasteiger partial charge in [0.1, 0.15) is 5.75 Å². The highest BCUT2D eigenvalue weighted by atomic mass is 79.9. The fourth-order valence-corrected chi connectivity index (χ4v) is 3.35. The summed E-state index contributed by atoms with van der Waals surface area (Å²) in [6.07, 6.45) is 0. The normalized spacial score (nSPS) is 10.4. The number of anilines is 1. The number of phenolic OH excluding ortho intramolecular Hbond substituents is 1. The second-order valence-corrected chi connectivity index (χ2v) is 6.98. The number of halogens is 3. The average molecular weight is 412 g/mol. The Morgan fingerprint density at radius 2 is 2.06 bits per heavy atom. The van der Waals surface area contributed by atoms with Gasteiger partial charge in [0.05, 0.1) is 13.7 Å². The molecule has 1 heterocycles. The van der Waals surface area contributed by atoms with E-state index in [4.69, 9.17) is 11.6 Å². The molecule has 0 aliphatic rings. The van der Waals surface area contributed by atoms with Gasteiger partial charge in [0, 0.05) is 10.2 Å². The summed E-state index contributed by atoms with van der Waals surface area (Å²) in [6, 6.07) is 6.23. The van der Waals surface area contributed by atoms with Gasteiger partial charge in [-0.25, -0.2) is 0 Å². The van der Waals surface area contributed by atoms with Gasteiger partial charge in [0.15, 0.2) is 0 Å². The van der Waals surface area contributed by atoms with Crippen molar-refractivity contribution in [1.82, 2.24) is 0 Å². The van der Waals surface area contributed by atoms with Crippen LogP contribution in [0.15, 0.2) is 32.5 Å². The van der Waals surface area contributed by atoms with E-state index >= 15 is 0 Å². The lowest BCUT2D eigenvalue weighted by atomic mass is 10.3. The Kier molecular flexibility index (Phi) is 4.32. The van der Waals surface area contributed by atoms with Crippen molar-refractivity contribution >= 4 is 66.4 Å². The highest BCUT2D eigenvalue weighted by molar-refractivity contribution is 9.13. The minimum atomic E-state index is -0.229. The molecule has 2 aromatic rings. The smallest absolute Gasteiger partial charge is 0.265 e. The minimum absolute atomic E-state index is 0.0173. The number of benzene rings is 1. The maximum Gasteiger partial charge on any atom is 0.265 e. The summed E-state index contributed by atoms with van der Waals surface area (Å²) in [4.78, 5) is 12.5. The SMILES string of the molecule is O=C(Nc1ccc(O)c(Cl)c1)c1cc(Br)c(Br)s1. The molecule has 0 atom stereocenters. The number of carbonyl (C=O) groups is 1. The minimum Gasteiger partial charge on any atom is -0.506 e. The van der Waals surface area contributed by atoms with E-state index in [1.807, 2.05) is 0 Å². The molecule has 3 nitrogen and oxygen atoms in total. The van der Waals surface area contributed by atoms with Crippen LogP contribution < -0.4 is 5.32 Å². The van der Waals surface area contributed by atoms with Crippen LogP contribution in [0.2, 0.25) is 5.02 Å². The van der Waals surface area contributed by atoms with Gasteiger partial charge in [-0.1, -0.05) is 11.6 Å². The van der Waals surface area contributed by atoms with Gasteiger partial charge in [0.25, 0.3) is 5.91 Å². The van der Waals surface area contributed by atoms with Gasteiger partial charge in [-0.3, -0.25) is 4.79 Å². The number of hydrogen-bond donors (Lipinski definition) is 2. The van der Waals surface area contributed by atoms with Crippen molar-refractivity contribution in [2.24, 2.45) is 0 Å². The molecular formula is C11H6Br2ClNO2S. The molecule has 0 fully saturated rings. The van der Waals surface area contributed by atoms with Crippen molar-refractivity contribution in [3.05, 3.63) is 42.4 Å². The predicted octanol–water partition coefficient (Wildman–Crippen LogP) is 4.88. The van der Waals surface area contributed by atoms with Crippen molar-refractivity contribution in [2.75, 3.05) is 5.32 Å². The van der Waals surface area contributed by atoms with Crippen LogP contribution in [0.3, 0.4) is 0 Å². The monoisotopic (exact) mass is 409 g/mol. The molecule has 0 spiro atoms. The Morgan fingerprint density at radius 1 is 1.33 bits per heavy atom. The summed E-state index contributed by atoms with van der Waals surface area (Å²) in [5.74, 6) is -0.246. The molecule has 0 saturated heterocycles. The van der Waals surface area contributed by atoms with Crippen LogP contribution in [0.4, 0.5) is 5.69 Å². The van der Waals surface area contributed by atoms with Gasteiger partial charge in [-0.05, 0) is 56.1 Å². The molecule has 0 aliphatic carbocycles. The first-order valence-electron chi connectivity index (χ1n) is 4.72. The molecule has 0 saturated carbocycles. The van der Waals surface area contributed by atoms with Crippen molar-refractivity contribution in [1.29, 1.82) is 0 Å². The molecule has 1 aromatic carbocycles. The second-order valence-electron chi connectivity index (χ2n) is 3.35. The van der Waals surface area contributed by atoms with Crippen LogP contribution in [0.25, 0.3) is 0 Å². The zero-order valence-electron chi connectivity index (χ0n) is 8.71. The first kappa shape index (κ1) is 13.9. The van der Waals surface area contributed by atoms with Crippen LogP contribution in [0, 0.1) is 0 Å².